The molecular formula is C20H16N2O2S. The number of carboxylic acids is 1. The lowest BCUT2D eigenvalue weighted by atomic mass is 10.2. The van der Waals surface area contributed by atoms with Gasteiger partial charge < -0.3 is 15.0 Å². The van der Waals surface area contributed by atoms with Crippen LogP contribution in [-0.2, 0) is 6.54 Å². The number of nitrogens with one attached hydrogen (secondary N) is 1. The first-order valence-corrected chi connectivity index (χ1v) is 8.75. The van der Waals surface area contributed by atoms with Crippen LogP contribution >= 0.6 is 11.3 Å². The van der Waals surface area contributed by atoms with Crippen molar-refractivity contribution in [1.29, 1.82) is 0 Å². The third-order valence-electron chi connectivity index (χ3n) is 4.09. The molecule has 4 nitrogen and oxygen atoms in total. The number of hydrogen-bond acceptors (Lipinski definition) is 3. The standard InChI is InChI=1S/C20H16N2O2S/c23-20(24)18-10-11-19(25-18)22-13-14(16-8-4-5-9-17(16)22)12-21-15-6-2-1-3-7-15/h1-11,13,21H,12H2,(H,23,24). The Bertz CT molecular complexity index is 1030. The molecule has 0 spiro atoms. The highest BCUT2D eigenvalue weighted by atomic mass is 32.1. The Kier molecular flexibility index (Phi) is 3.99. The molecule has 2 N–H and O–H groups in total. The number of carbonyl (C=O) groups is 1. The zero-order valence-corrected chi connectivity index (χ0v) is 14.2. The number of para-hydroxylation sites is 2. The minimum atomic E-state index is -0.890. The molecule has 5 heteroatoms. The second-order valence-electron chi connectivity index (χ2n) is 5.70. The third-order valence-corrected chi connectivity index (χ3v) is 5.16. The van der Waals surface area contributed by atoms with Crippen molar-refractivity contribution < 1.29 is 9.90 Å². The molecule has 25 heavy (non-hydrogen) atoms. The molecule has 0 bridgehead atoms. The van der Waals surface area contributed by atoms with Crippen molar-refractivity contribution in [2.75, 3.05) is 5.32 Å². The molecule has 0 saturated carbocycles. The molecular weight excluding hydrogens is 332 g/mol. The van der Waals surface area contributed by atoms with Gasteiger partial charge in [-0.3, -0.25) is 0 Å². The van der Waals surface area contributed by atoms with E-state index in [2.05, 4.69) is 28.2 Å². The SMILES string of the molecule is O=C(O)c1ccc(-n2cc(CNc3ccccc3)c3ccccc32)s1. The number of thiophene rings is 1. The molecule has 0 aliphatic heterocycles. The molecule has 0 fully saturated rings. The Balaban J connectivity index is 1.72. The number of nitrogens with zero attached hydrogens (tertiary/aromatic N) is 1. The van der Waals surface area contributed by atoms with Crippen molar-refractivity contribution in [3.05, 3.63) is 83.4 Å². The highest BCUT2D eigenvalue weighted by molar-refractivity contribution is 7.16. The monoisotopic (exact) mass is 348 g/mol. The van der Waals surface area contributed by atoms with Gasteiger partial charge in [0.1, 0.15) is 9.88 Å². The fraction of sp³-hybridized carbons (Fsp3) is 0.0500. The van der Waals surface area contributed by atoms with Crippen molar-refractivity contribution in [1.82, 2.24) is 4.57 Å². The van der Waals surface area contributed by atoms with Gasteiger partial charge in [0.2, 0.25) is 0 Å². The summed E-state index contributed by atoms with van der Waals surface area (Å²) in [5.74, 6) is -0.890. The smallest absolute Gasteiger partial charge is 0.345 e. The van der Waals surface area contributed by atoms with E-state index in [1.165, 1.54) is 16.9 Å². The van der Waals surface area contributed by atoms with Gasteiger partial charge in [-0.1, -0.05) is 36.4 Å². The number of aromatic nitrogens is 1. The topological polar surface area (TPSA) is 54.3 Å². The van der Waals surface area contributed by atoms with Crippen LogP contribution in [0.2, 0.25) is 0 Å². The van der Waals surface area contributed by atoms with Crippen LogP contribution in [0.25, 0.3) is 15.9 Å². The maximum atomic E-state index is 11.2. The molecule has 4 rings (SSSR count). The number of carboxylic acid groups (broad SMARTS) is 1. The first-order chi connectivity index (χ1) is 12.2. The van der Waals surface area contributed by atoms with E-state index < -0.39 is 5.97 Å². The summed E-state index contributed by atoms with van der Waals surface area (Å²) in [6.07, 6.45) is 2.08. The molecule has 0 atom stereocenters. The first-order valence-electron chi connectivity index (χ1n) is 7.94. The van der Waals surface area contributed by atoms with Gasteiger partial charge in [-0.05, 0) is 35.9 Å². The average molecular weight is 348 g/mol. The van der Waals surface area contributed by atoms with Crippen LogP contribution in [0.3, 0.4) is 0 Å². The van der Waals surface area contributed by atoms with Crippen molar-refractivity contribution >= 4 is 33.9 Å². The number of fused-ring (bicyclic) bond motifs is 1. The molecule has 124 valence electrons. The number of aromatic carboxylic acids is 1. The van der Waals surface area contributed by atoms with E-state index in [-0.39, 0.29) is 0 Å². The van der Waals surface area contributed by atoms with Gasteiger partial charge in [-0.2, -0.15) is 0 Å². The normalized spacial score (nSPS) is 10.9. The fourth-order valence-corrected chi connectivity index (χ4v) is 3.73. The molecule has 0 radical (unpaired) electrons. The predicted octanol–water partition coefficient (Wildman–Crippen LogP) is 5.00. The Morgan fingerprint density at radius 3 is 2.52 bits per heavy atom. The number of rotatable bonds is 5. The van der Waals surface area contributed by atoms with E-state index in [1.54, 1.807) is 6.07 Å². The Labute approximate surface area is 149 Å². The fourth-order valence-electron chi connectivity index (χ4n) is 2.90. The van der Waals surface area contributed by atoms with Crippen LogP contribution in [0.4, 0.5) is 5.69 Å². The lowest BCUT2D eigenvalue weighted by Gasteiger charge is -2.04. The van der Waals surface area contributed by atoms with Crippen LogP contribution in [0.15, 0.2) is 72.9 Å². The summed E-state index contributed by atoms with van der Waals surface area (Å²) in [6, 6.07) is 21.8. The van der Waals surface area contributed by atoms with Gasteiger partial charge in [0.05, 0.1) is 5.52 Å². The number of benzene rings is 2. The minimum absolute atomic E-state index is 0.344. The Morgan fingerprint density at radius 2 is 1.76 bits per heavy atom. The van der Waals surface area contributed by atoms with Crippen LogP contribution < -0.4 is 5.32 Å². The Hall–Kier alpha value is -3.05. The zero-order chi connectivity index (χ0) is 17.2. The van der Waals surface area contributed by atoms with Crippen LogP contribution in [0.1, 0.15) is 15.2 Å². The van der Waals surface area contributed by atoms with Crippen molar-refractivity contribution in [3.63, 3.8) is 0 Å². The first kappa shape index (κ1) is 15.5. The van der Waals surface area contributed by atoms with Gasteiger partial charge in [0.15, 0.2) is 0 Å². The maximum absolute atomic E-state index is 11.2. The van der Waals surface area contributed by atoms with Gasteiger partial charge >= 0.3 is 5.97 Å². The molecule has 2 aromatic carbocycles. The van der Waals surface area contributed by atoms with Gasteiger partial charge in [-0.15, -0.1) is 11.3 Å². The van der Waals surface area contributed by atoms with E-state index in [9.17, 15) is 4.79 Å². The van der Waals surface area contributed by atoms with E-state index in [0.29, 0.717) is 11.4 Å². The summed E-state index contributed by atoms with van der Waals surface area (Å²) in [5, 5.41) is 14.7. The van der Waals surface area contributed by atoms with Gasteiger partial charge in [-0.25, -0.2) is 4.79 Å². The van der Waals surface area contributed by atoms with Gasteiger partial charge in [0.25, 0.3) is 0 Å². The molecule has 2 heterocycles. The van der Waals surface area contributed by atoms with E-state index in [1.807, 2.05) is 48.5 Å². The summed E-state index contributed by atoms with van der Waals surface area (Å²) in [6.45, 7) is 0.703. The average Bonchev–Trinajstić information content (AvgIpc) is 3.26. The maximum Gasteiger partial charge on any atom is 0.345 e. The summed E-state index contributed by atoms with van der Waals surface area (Å²) < 4.78 is 2.06. The van der Waals surface area contributed by atoms with Crippen LogP contribution in [0, 0.1) is 0 Å². The molecule has 2 aromatic heterocycles. The zero-order valence-electron chi connectivity index (χ0n) is 13.3. The molecule has 0 saturated heterocycles. The minimum Gasteiger partial charge on any atom is -0.477 e. The van der Waals surface area contributed by atoms with E-state index >= 15 is 0 Å². The van der Waals surface area contributed by atoms with Crippen molar-refractivity contribution in [2.24, 2.45) is 0 Å². The highest BCUT2D eigenvalue weighted by Crippen LogP contribution is 2.29. The Morgan fingerprint density at radius 1 is 1.00 bits per heavy atom. The van der Waals surface area contributed by atoms with Crippen LogP contribution in [-0.4, -0.2) is 15.6 Å². The molecule has 0 unspecified atom stereocenters. The number of anilines is 1. The molecule has 0 aliphatic rings. The lowest BCUT2D eigenvalue weighted by molar-refractivity contribution is 0.0702. The van der Waals surface area contributed by atoms with Crippen LogP contribution in [0.5, 0.6) is 0 Å². The highest BCUT2D eigenvalue weighted by Gasteiger charge is 2.13. The number of hydrogen-bond donors (Lipinski definition) is 2. The van der Waals surface area contributed by atoms with Crippen molar-refractivity contribution in [3.8, 4) is 5.00 Å². The summed E-state index contributed by atoms with van der Waals surface area (Å²) in [4.78, 5) is 11.5. The van der Waals surface area contributed by atoms with E-state index in [4.69, 9.17) is 5.11 Å². The predicted molar refractivity (Wildman–Crippen MR) is 102 cm³/mol. The molecule has 4 aromatic rings. The summed E-state index contributed by atoms with van der Waals surface area (Å²) in [5.41, 5.74) is 3.32. The van der Waals surface area contributed by atoms with Crippen molar-refractivity contribution in [2.45, 2.75) is 6.54 Å². The summed E-state index contributed by atoms with van der Waals surface area (Å²) in [7, 11) is 0. The largest absolute Gasteiger partial charge is 0.477 e. The quantitative estimate of drug-likeness (QED) is 0.533. The van der Waals surface area contributed by atoms with Gasteiger partial charge in [0, 0.05) is 23.8 Å². The van der Waals surface area contributed by atoms with E-state index in [0.717, 1.165) is 21.6 Å². The third kappa shape index (κ3) is 3.02. The lowest BCUT2D eigenvalue weighted by Crippen LogP contribution is -1.98. The molecule has 0 aliphatic carbocycles. The second kappa shape index (κ2) is 6.45. The summed E-state index contributed by atoms with van der Waals surface area (Å²) >= 11 is 1.28. The molecule has 0 amide bonds. The second-order valence-corrected chi connectivity index (χ2v) is 6.77.